The first-order chi connectivity index (χ1) is 12.7. The van der Waals surface area contributed by atoms with Crippen molar-refractivity contribution >= 4 is 21.7 Å². The highest BCUT2D eigenvalue weighted by atomic mass is 32.2. The number of hydrogen-bond donors (Lipinski definition) is 1. The maximum atomic E-state index is 12.9. The highest BCUT2D eigenvalue weighted by Gasteiger charge is 2.48. The molecule has 9 nitrogen and oxygen atoms in total. The van der Waals surface area contributed by atoms with E-state index < -0.39 is 62.6 Å². The van der Waals surface area contributed by atoms with Crippen molar-refractivity contribution < 1.29 is 45.5 Å². The number of aliphatic carboxylic acids is 1. The fourth-order valence-corrected chi connectivity index (χ4v) is 3.59. The third-order valence-electron chi connectivity index (χ3n) is 3.85. The summed E-state index contributed by atoms with van der Waals surface area (Å²) in [5.41, 5.74) is -3.37. The number of carboxylic acid groups (broad SMARTS) is 1. The van der Waals surface area contributed by atoms with Gasteiger partial charge in [0, 0.05) is 13.1 Å². The second-order valence-corrected chi connectivity index (χ2v) is 7.77. The van der Waals surface area contributed by atoms with Crippen molar-refractivity contribution in [2.45, 2.75) is 29.7 Å². The first-order valence-corrected chi connectivity index (χ1v) is 8.81. The van der Waals surface area contributed by atoms with Crippen LogP contribution >= 0.6 is 0 Å². The van der Waals surface area contributed by atoms with E-state index in [0.29, 0.717) is 0 Å². The van der Waals surface area contributed by atoms with Crippen LogP contribution in [0.15, 0.2) is 29.2 Å². The van der Waals surface area contributed by atoms with Gasteiger partial charge in [-0.2, -0.15) is 13.1 Å². The fourth-order valence-electron chi connectivity index (χ4n) is 1.98. The van der Waals surface area contributed by atoms with E-state index >= 15 is 0 Å². The first-order valence-electron chi connectivity index (χ1n) is 7.37. The number of halogens is 4. The van der Waals surface area contributed by atoms with Gasteiger partial charge in [-0.25, -0.2) is 17.2 Å². The Balaban J connectivity index is 3.24. The van der Waals surface area contributed by atoms with E-state index in [9.17, 15) is 46.0 Å². The minimum absolute atomic E-state index is 0.186. The lowest BCUT2D eigenvalue weighted by Crippen LogP contribution is -2.56. The maximum absolute atomic E-state index is 12.9. The van der Waals surface area contributed by atoms with Crippen LogP contribution in [0.25, 0.3) is 0 Å². The third kappa shape index (κ3) is 4.74. The van der Waals surface area contributed by atoms with Gasteiger partial charge in [0.25, 0.3) is 15.7 Å². The number of nitro groups is 1. The van der Waals surface area contributed by atoms with Crippen molar-refractivity contribution in [3.05, 3.63) is 34.4 Å². The van der Waals surface area contributed by atoms with E-state index in [1.165, 1.54) is 6.07 Å². The molecule has 0 radical (unpaired) electrons. The Kier molecular flexibility index (Phi) is 7.08. The number of nitro benzene ring substituents is 1. The number of carboxylic acids is 1. The predicted octanol–water partition coefficient (Wildman–Crippen LogP) is 1.98. The molecule has 1 rings (SSSR count). The largest absolute Gasteiger partial charge is 0.480 e. The van der Waals surface area contributed by atoms with Gasteiger partial charge in [0.1, 0.15) is 6.61 Å². The number of rotatable bonds is 10. The van der Waals surface area contributed by atoms with Crippen molar-refractivity contribution in [2.75, 3.05) is 20.3 Å². The quantitative estimate of drug-likeness (QED) is 0.340. The summed E-state index contributed by atoms with van der Waals surface area (Å²) in [6.07, 6.45) is -4.07. The van der Waals surface area contributed by atoms with Gasteiger partial charge in [0.2, 0.25) is 0 Å². The molecule has 0 aliphatic carbocycles. The van der Waals surface area contributed by atoms with E-state index in [-0.39, 0.29) is 4.31 Å². The van der Waals surface area contributed by atoms with Crippen molar-refractivity contribution in [1.82, 2.24) is 4.31 Å². The predicted molar refractivity (Wildman–Crippen MR) is 85.9 cm³/mol. The molecule has 0 aromatic heterocycles. The van der Waals surface area contributed by atoms with Crippen molar-refractivity contribution in [2.24, 2.45) is 0 Å². The SMILES string of the molecule is CN(C(C)(COCC(F)(F)C(F)F)C(=O)O)S(=O)(=O)c1ccccc1[N+](=O)[O-]. The highest BCUT2D eigenvalue weighted by Crippen LogP contribution is 2.30. The molecule has 1 unspecified atom stereocenters. The number of likely N-dealkylation sites (N-methyl/N-ethyl adjacent to an activating group) is 1. The first kappa shape index (κ1) is 23.7. The molecule has 0 bridgehead atoms. The Morgan fingerprint density at radius 3 is 2.32 bits per heavy atom. The lowest BCUT2D eigenvalue weighted by Gasteiger charge is -2.34. The number of carbonyl (C=O) groups is 1. The summed E-state index contributed by atoms with van der Waals surface area (Å²) in [5.74, 6) is -6.42. The number of benzene rings is 1. The van der Waals surface area contributed by atoms with Crippen LogP contribution in [0.4, 0.5) is 23.2 Å². The average Bonchev–Trinajstić information content (AvgIpc) is 2.60. The Labute approximate surface area is 156 Å². The van der Waals surface area contributed by atoms with Crippen LogP contribution in [0, 0.1) is 10.1 Å². The zero-order chi connectivity index (χ0) is 21.9. The molecule has 1 atom stereocenters. The maximum Gasteiger partial charge on any atom is 0.330 e. The summed E-state index contributed by atoms with van der Waals surface area (Å²) < 4.78 is 80.2. The Bertz CT molecular complexity index is 850. The van der Waals surface area contributed by atoms with Gasteiger partial charge in [-0.3, -0.25) is 14.9 Å². The third-order valence-corrected chi connectivity index (χ3v) is 5.88. The van der Waals surface area contributed by atoms with Crippen molar-refractivity contribution in [3.8, 4) is 0 Å². The molecule has 1 aromatic rings. The molecule has 0 saturated carbocycles. The number of sulfonamides is 1. The van der Waals surface area contributed by atoms with Crippen LogP contribution in [-0.4, -0.2) is 66.9 Å². The van der Waals surface area contributed by atoms with Crippen molar-refractivity contribution in [3.63, 3.8) is 0 Å². The van der Waals surface area contributed by atoms with Gasteiger partial charge in [0.15, 0.2) is 10.4 Å². The van der Waals surface area contributed by atoms with Gasteiger partial charge in [-0.15, -0.1) is 0 Å². The van der Waals surface area contributed by atoms with E-state index in [1.807, 2.05) is 0 Å². The summed E-state index contributed by atoms with van der Waals surface area (Å²) in [4.78, 5) is 20.8. The Morgan fingerprint density at radius 2 is 1.86 bits per heavy atom. The molecule has 1 N–H and O–H groups in total. The Hall–Kier alpha value is -2.32. The number of nitrogens with zero attached hydrogens (tertiary/aromatic N) is 2. The van der Waals surface area contributed by atoms with Gasteiger partial charge in [-0.05, 0) is 13.0 Å². The Morgan fingerprint density at radius 1 is 1.32 bits per heavy atom. The highest BCUT2D eigenvalue weighted by molar-refractivity contribution is 7.89. The van der Waals surface area contributed by atoms with Crippen LogP contribution in [-0.2, 0) is 19.6 Å². The molecule has 0 spiro atoms. The summed E-state index contributed by atoms with van der Waals surface area (Å²) in [7, 11) is -4.06. The lowest BCUT2D eigenvalue weighted by atomic mass is 10.1. The number of alkyl halides is 4. The zero-order valence-electron chi connectivity index (χ0n) is 14.5. The van der Waals surface area contributed by atoms with Gasteiger partial charge in [-0.1, -0.05) is 12.1 Å². The molecule has 0 heterocycles. The van der Waals surface area contributed by atoms with Gasteiger partial charge in [0.05, 0.1) is 11.5 Å². The smallest absolute Gasteiger partial charge is 0.330 e. The molecule has 0 aliphatic heterocycles. The second kappa shape index (κ2) is 8.36. The standard InChI is InChI=1S/C14H16F4N2O7S/c1-13(12(21)22,7-27-8-14(17,18)11(15)16)19(2)28(25,26)10-6-4-3-5-9(10)20(23)24/h3-6,11H,7-8H2,1-2H3,(H,21,22). The molecule has 0 fully saturated rings. The summed E-state index contributed by atoms with van der Waals surface area (Å²) >= 11 is 0. The average molecular weight is 432 g/mol. The van der Waals surface area contributed by atoms with Crippen LogP contribution in [0.2, 0.25) is 0 Å². The van der Waals surface area contributed by atoms with Crippen molar-refractivity contribution in [1.29, 1.82) is 0 Å². The summed E-state index contributed by atoms with van der Waals surface area (Å²) in [6, 6.07) is 4.07. The van der Waals surface area contributed by atoms with Gasteiger partial charge < -0.3 is 9.84 Å². The van der Waals surface area contributed by atoms with E-state index in [2.05, 4.69) is 4.74 Å². The summed E-state index contributed by atoms with van der Waals surface area (Å²) in [5, 5.41) is 20.4. The van der Waals surface area contributed by atoms with E-state index in [4.69, 9.17) is 0 Å². The minimum atomic E-state index is -4.80. The molecule has 0 saturated heterocycles. The fraction of sp³-hybridized carbons (Fsp3) is 0.500. The van der Waals surface area contributed by atoms with Crippen LogP contribution in [0.5, 0.6) is 0 Å². The molecule has 0 amide bonds. The molecular formula is C14H16F4N2O7S. The molecule has 158 valence electrons. The van der Waals surface area contributed by atoms with Crippen LogP contribution in [0.1, 0.15) is 6.92 Å². The molecule has 28 heavy (non-hydrogen) atoms. The normalized spacial score (nSPS) is 14.9. The zero-order valence-corrected chi connectivity index (χ0v) is 15.3. The number of ether oxygens (including phenoxy) is 1. The van der Waals surface area contributed by atoms with Gasteiger partial charge >= 0.3 is 18.3 Å². The van der Waals surface area contributed by atoms with Crippen LogP contribution < -0.4 is 0 Å². The van der Waals surface area contributed by atoms with E-state index in [0.717, 1.165) is 32.2 Å². The summed E-state index contributed by atoms with van der Waals surface area (Å²) in [6.45, 7) is -2.30. The topological polar surface area (TPSA) is 127 Å². The number of para-hydroxylation sites is 1. The number of hydrogen-bond acceptors (Lipinski definition) is 6. The minimum Gasteiger partial charge on any atom is -0.480 e. The molecule has 1 aromatic carbocycles. The molecule has 14 heteroatoms. The second-order valence-electron chi connectivity index (χ2n) is 5.83. The van der Waals surface area contributed by atoms with Crippen LogP contribution in [0.3, 0.4) is 0 Å². The lowest BCUT2D eigenvalue weighted by molar-refractivity contribution is -0.387. The van der Waals surface area contributed by atoms with E-state index in [1.54, 1.807) is 0 Å². The monoisotopic (exact) mass is 432 g/mol. The molecule has 0 aliphatic rings. The molecular weight excluding hydrogens is 416 g/mol.